The van der Waals surface area contributed by atoms with Crippen LogP contribution in [0.2, 0.25) is 0 Å². The number of hydrogen-bond donors (Lipinski definition) is 1. The van der Waals surface area contributed by atoms with Gasteiger partial charge in [-0.05, 0) is 47.9 Å². The lowest BCUT2D eigenvalue weighted by Crippen LogP contribution is -2.15. The summed E-state index contributed by atoms with van der Waals surface area (Å²) >= 11 is 0. The van der Waals surface area contributed by atoms with Crippen LogP contribution in [0.5, 0.6) is 0 Å². The van der Waals surface area contributed by atoms with Crippen molar-refractivity contribution >= 4 is 23.0 Å². The second kappa shape index (κ2) is 8.56. The topological polar surface area (TPSA) is 32.3 Å². The number of para-hydroxylation sites is 3. The van der Waals surface area contributed by atoms with Gasteiger partial charge >= 0.3 is 0 Å². The number of nitrogens with zero attached hydrogens (tertiary/aromatic N) is 1. The maximum Gasteiger partial charge on any atom is 0.253 e. The van der Waals surface area contributed by atoms with Gasteiger partial charge in [-0.2, -0.15) is 0 Å². The van der Waals surface area contributed by atoms with Gasteiger partial charge < -0.3 is 10.2 Å². The fourth-order valence-corrected chi connectivity index (χ4v) is 4.03. The summed E-state index contributed by atoms with van der Waals surface area (Å²) in [6, 6.07) is 35.0. The first-order valence-corrected chi connectivity index (χ1v) is 10.8. The van der Waals surface area contributed by atoms with Crippen molar-refractivity contribution < 1.29 is 4.79 Å². The Morgan fingerprint density at radius 2 is 1.50 bits per heavy atom. The highest BCUT2D eigenvalue weighted by Crippen LogP contribution is 2.35. The predicted octanol–water partition coefficient (Wildman–Crippen LogP) is 6.88. The maximum atomic E-state index is 13.1. The Morgan fingerprint density at radius 1 is 0.750 bits per heavy atom. The van der Waals surface area contributed by atoms with Crippen LogP contribution in [-0.2, 0) is 11.2 Å². The number of carbonyl (C=O) groups is 1. The zero-order valence-corrected chi connectivity index (χ0v) is 18.0. The monoisotopic (exact) mass is 416 g/mol. The van der Waals surface area contributed by atoms with Crippen molar-refractivity contribution in [3.63, 3.8) is 0 Å². The van der Waals surface area contributed by atoms with E-state index in [9.17, 15) is 4.79 Å². The van der Waals surface area contributed by atoms with Crippen LogP contribution in [0.15, 0.2) is 115 Å². The number of carbonyl (C=O) groups excluding carboxylic acids is 1. The van der Waals surface area contributed by atoms with Gasteiger partial charge in [-0.1, -0.05) is 84.4 Å². The minimum Gasteiger partial charge on any atom is -0.320 e. The summed E-state index contributed by atoms with van der Waals surface area (Å²) in [6.45, 7) is 2.09. The molecule has 0 atom stereocenters. The third kappa shape index (κ3) is 4.06. The van der Waals surface area contributed by atoms with E-state index >= 15 is 0 Å². The number of fused-ring (bicyclic) bond motifs is 1. The van der Waals surface area contributed by atoms with Crippen molar-refractivity contribution in [1.29, 1.82) is 0 Å². The summed E-state index contributed by atoms with van der Waals surface area (Å²) in [4.78, 5) is 15.2. The molecule has 32 heavy (non-hydrogen) atoms. The largest absolute Gasteiger partial charge is 0.320 e. The molecule has 3 heteroatoms. The Bertz CT molecular complexity index is 1290. The molecule has 4 aromatic carbocycles. The quantitative estimate of drug-likeness (QED) is 0.393. The van der Waals surface area contributed by atoms with Crippen molar-refractivity contribution in [2.75, 3.05) is 10.2 Å². The summed E-state index contributed by atoms with van der Waals surface area (Å²) < 4.78 is 0. The third-order valence-corrected chi connectivity index (χ3v) is 5.73. The van der Waals surface area contributed by atoms with Gasteiger partial charge in [0.05, 0.1) is 11.4 Å². The summed E-state index contributed by atoms with van der Waals surface area (Å²) in [7, 11) is 0. The zero-order chi connectivity index (χ0) is 21.9. The molecule has 0 saturated heterocycles. The molecule has 1 heterocycles. The van der Waals surface area contributed by atoms with Crippen LogP contribution in [0.3, 0.4) is 0 Å². The normalized spacial score (nSPS) is 13.1. The molecular formula is C29H24N2O. The van der Waals surface area contributed by atoms with Crippen molar-refractivity contribution in [2.24, 2.45) is 0 Å². The molecular weight excluding hydrogens is 392 g/mol. The molecule has 0 fully saturated rings. The molecule has 5 rings (SSSR count). The number of anilines is 3. The van der Waals surface area contributed by atoms with Gasteiger partial charge in [-0.15, -0.1) is 0 Å². The van der Waals surface area contributed by atoms with E-state index in [4.69, 9.17) is 0 Å². The molecule has 1 aliphatic rings. The molecule has 1 amide bonds. The molecule has 0 saturated carbocycles. The summed E-state index contributed by atoms with van der Waals surface area (Å²) in [6.07, 6.45) is 2.51. The summed E-state index contributed by atoms with van der Waals surface area (Å²) in [5.41, 5.74) is 8.16. The first-order chi connectivity index (χ1) is 15.7. The minimum absolute atomic E-state index is 0.0726. The lowest BCUT2D eigenvalue weighted by Gasteiger charge is -2.22. The van der Waals surface area contributed by atoms with Crippen LogP contribution in [-0.4, -0.2) is 5.91 Å². The average molecular weight is 417 g/mol. The van der Waals surface area contributed by atoms with Gasteiger partial charge in [0.15, 0.2) is 0 Å². The van der Waals surface area contributed by atoms with E-state index < -0.39 is 0 Å². The first-order valence-electron chi connectivity index (χ1n) is 10.8. The molecule has 1 N–H and O–H groups in total. The Labute approximate surface area is 188 Å². The highest BCUT2D eigenvalue weighted by Gasteiger charge is 2.22. The summed E-state index contributed by atoms with van der Waals surface area (Å²) in [5.74, 6) is -0.0726. The van der Waals surface area contributed by atoms with Gasteiger partial charge in [-0.25, -0.2) is 0 Å². The number of nitrogens with one attached hydrogen (secondary N) is 1. The van der Waals surface area contributed by atoms with E-state index in [2.05, 4.69) is 77.8 Å². The van der Waals surface area contributed by atoms with E-state index in [1.807, 2.05) is 48.7 Å². The average Bonchev–Trinajstić information content (AvgIpc) is 2.97. The van der Waals surface area contributed by atoms with Gasteiger partial charge in [-0.3, -0.25) is 4.79 Å². The van der Waals surface area contributed by atoms with Crippen LogP contribution < -0.4 is 10.2 Å². The van der Waals surface area contributed by atoms with Crippen LogP contribution in [0, 0.1) is 6.92 Å². The van der Waals surface area contributed by atoms with Crippen LogP contribution in [0.4, 0.5) is 17.1 Å². The highest BCUT2D eigenvalue weighted by atomic mass is 16.1. The second-order valence-electron chi connectivity index (χ2n) is 8.07. The van der Waals surface area contributed by atoms with Crippen molar-refractivity contribution in [3.8, 4) is 11.1 Å². The zero-order valence-electron chi connectivity index (χ0n) is 18.0. The van der Waals surface area contributed by atoms with Crippen molar-refractivity contribution in [2.45, 2.75) is 13.3 Å². The molecule has 156 valence electrons. The summed E-state index contributed by atoms with van der Waals surface area (Å²) in [5, 5.41) is 3.10. The molecule has 1 aliphatic heterocycles. The van der Waals surface area contributed by atoms with E-state index in [0.717, 1.165) is 28.2 Å². The van der Waals surface area contributed by atoms with Crippen LogP contribution in [0.25, 0.3) is 11.1 Å². The van der Waals surface area contributed by atoms with E-state index in [0.29, 0.717) is 12.0 Å². The number of aryl methyl sites for hydroxylation is 1. The first kappa shape index (κ1) is 19.8. The predicted molar refractivity (Wildman–Crippen MR) is 132 cm³/mol. The van der Waals surface area contributed by atoms with Gasteiger partial charge in [0, 0.05) is 23.9 Å². The van der Waals surface area contributed by atoms with Crippen molar-refractivity contribution in [1.82, 2.24) is 0 Å². The fourth-order valence-electron chi connectivity index (χ4n) is 4.03. The molecule has 3 nitrogen and oxygen atoms in total. The fraction of sp³-hybridized carbons (Fsp3) is 0.0690. The highest BCUT2D eigenvalue weighted by molar-refractivity contribution is 6.08. The standard InChI is InChI=1S/C29H24N2O/c1-21-14-16-23(17-15-21)24-9-7-8-22(18-24)19-25-20-31(26-10-3-2-4-11-26)28-13-6-5-12-27(28)30-29(25)32/h2-18,20H,19H2,1H3,(H,30,32). The minimum atomic E-state index is -0.0726. The number of amides is 1. The Morgan fingerprint density at radius 3 is 2.31 bits per heavy atom. The molecule has 0 aromatic heterocycles. The van der Waals surface area contributed by atoms with Crippen LogP contribution in [0.1, 0.15) is 11.1 Å². The molecule has 0 aliphatic carbocycles. The Balaban J connectivity index is 1.52. The molecule has 0 radical (unpaired) electrons. The lowest BCUT2D eigenvalue weighted by atomic mass is 9.98. The van der Waals surface area contributed by atoms with E-state index in [1.54, 1.807) is 0 Å². The lowest BCUT2D eigenvalue weighted by molar-refractivity contribution is -0.112. The smallest absolute Gasteiger partial charge is 0.253 e. The number of rotatable bonds is 4. The van der Waals surface area contributed by atoms with Crippen molar-refractivity contribution in [3.05, 3.63) is 126 Å². The van der Waals surface area contributed by atoms with Gasteiger partial charge in [0.25, 0.3) is 5.91 Å². The maximum absolute atomic E-state index is 13.1. The molecule has 0 spiro atoms. The Hall–Kier alpha value is -4.11. The molecule has 0 unspecified atom stereocenters. The molecule has 4 aromatic rings. The number of hydrogen-bond acceptors (Lipinski definition) is 2. The van der Waals surface area contributed by atoms with E-state index in [-0.39, 0.29) is 5.91 Å². The van der Waals surface area contributed by atoms with Gasteiger partial charge in [0.1, 0.15) is 0 Å². The SMILES string of the molecule is Cc1ccc(-c2cccc(CC3=CN(c4ccccc4)c4ccccc4NC3=O)c2)cc1. The third-order valence-electron chi connectivity index (χ3n) is 5.73. The Kier molecular flexibility index (Phi) is 5.30. The molecule has 0 bridgehead atoms. The van der Waals surface area contributed by atoms with E-state index in [1.165, 1.54) is 11.1 Å². The second-order valence-corrected chi connectivity index (χ2v) is 8.07. The number of benzene rings is 4. The van der Waals surface area contributed by atoms with Gasteiger partial charge in [0.2, 0.25) is 0 Å². The van der Waals surface area contributed by atoms with Crippen LogP contribution >= 0.6 is 0 Å².